The van der Waals surface area contributed by atoms with Crippen LogP contribution < -0.4 is 10.0 Å². The van der Waals surface area contributed by atoms with E-state index in [9.17, 15) is 8.42 Å². The van der Waals surface area contributed by atoms with Crippen LogP contribution in [0.15, 0.2) is 27.6 Å². The van der Waals surface area contributed by atoms with Gasteiger partial charge in [-0.05, 0) is 60.4 Å². The van der Waals surface area contributed by atoms with Crippen molar-refractivity contribution in [2.24, 2.45) is 0 Å². The molecule has 0 amide bonds. The van der Waals surface area contributed by atoms with Crippen molar-refractivity contribution in [3.05, 3.63) is 28.2 Å². The van der Waals surface area contributed by atoms with Gasteiger partial charge in [-0.15, -0.1) is 0 Å². The fraction of sp³-hybridized carbons (Fsp3) is 0.571. The van der Waals surface area contributed by atoms with Gasteiger partial charge in [0.15, 0.2) is 0 Å². The van der Waals surface area contributed by atoms with Gasteiger partial charge in [-0.2, -0.15) is 0 Å². The molecule has 0 aliphatic heterocycles. The first-order chi connectivity index (χ1) is 9.36. The van der Waals surface area contributed by atoms with Crippen molar-refractivity contribution in [1.29, 1.82) is 0 Å². The first kappa shape index (κ1) is 15.9. The van der Waals surface area contributed by atoms with E-state index in [0.29, 0.717) is 15.9 Å². The average Bonchev–Trinajstić information content (AvgIpc) is 2.77. The van der Waals surface area contributed by atoms with Gasteiger partial charge in [0, 0.05) is 16.6 Å². The van der Waals surface area contributed by atoms with Crippen molar-refractivity contribution < 1.29 is 8.42 Å². The number of hydrogen-bond donors (Lipinski definition) is 2. The van der Waals surface area contributed by atoms with Crippen LogP contribution in [0.3, 0.4) is 0 Å². The van der Waals surface area contributed by atoms with Crippen LogP contribution in [0, 0.1) is 0 Å². The second-order valence-electron chi connectivity index (χ2n) is 5.67. The van der Waals surface area contributed by atoms with Gasteiger partial charge in [0.25, 0.3) is 0 Å². The summed E-state index contributed by atoms with van der Waals surface area (Å²) in [7, 11) is -1.66. The number of hydrogen-bond acceptors (Lipinski definition) is 3. The molecule has 2 rings (SSSR count). The van der Waals surface area contributed by atoms with Gasteiger partial charge in [0.2, 0.25) is 10.0 Å². The number of sulfonamides is 1. The molecule has 0 unspecified atom stereocenters. The van der Waals surface area contributed by atoms with Gasteiger partial charge in [0.05, 0.1) is 4.90 Å². The molecule has 20 heavy (non-hydrogen) atoms. The van der Waals surface area contributed by atoms with E-state index < -0.39 is 10.0 Å². The Morgan fingerprint density at radius 1 is 1.30 bits per heavy atom. The van der Waals surface area contributed by atoms with Gasteiger partial charge in [-0.1, -0.05) is 18.9 Å². The lowest BCUT2D eigenvalue weighted by Crippen LogP contribution is -2.43. The summed E-state index contributed by atoms with van der Waals surface area (Å²) in [5.74, 6) is 0. The molecule has 112 valence electrons. The highest BCUT2D eigenvalue weighted by Crippen LogP contribution is 2.32. The standard InChI is InChI=1S/C14H21BrN2O2S/c1-14(7-3-4-8-14)17-20(18,19)13-9-11(10-16-2)5-6-12(13)15/h5-6,9,16-17H,3-4,7-8,10H2,1-2H3. The Hall–Kier alpha value is -0.430. The molecule has 2 N–H and O–H groups in total. The van der Waals surface area contributed by atoms with Gasteiger partial charge >= 0.3 is 0 Å². The first-order valence-corrected chi connectivity index (χ1v) is 9.11. The Bertz CT molecular complexity index is 581. The molecular formula is C14H21BrN2O2S. The maximum atomic E-state index is 12.6. The third-order valence-electron chi connectivity index (χ3n) is 3.75. The molecule has 0 atom stereocenters. The van der Waals surface area contributed by atoms with Crippen LogP contribution in [0.4, 0.5) is 0 Å². The van der Waals surface area contributed by atoms with E-state index in [2.05, 4.69) is 26.0 Å². The largest absolute Gasteiger partial charge is 0.316 e. The zero-order valence-electron chi connectivity index (χ0n) is 11.9. The number of nitrogens with one attached hydrogen (secondary N) is 2. The monoisotopic (exact) mass is 360 g/mol. The average molecular weight is 361 g/mol. The first-order valence-electron chi connectivity index (χ1n) is 6.83. The van der Waals surface area contributed by atoms with Crippen molar-refractivity contribution in [1.82, 2.24) is 10.0 Å². The van der Waals surface area contributed by atoms with E-state index in [-0.39, 0.29) is 5.54 Å². The van der Waals surface area contributed by atoms with Crippen LogP contribution in [-0.4, -0.2) is 21.0 Å². The summed E-state index contributed by atoms with van der Waals surface area (Å²) in [6.45, 7) is 2.63. The molecule has 0 spiro atoms. The van der Waals surface area contributed by atoms with Crippen LogP contribution in [-0.2, 0) is 16.6 Å². The van der Waals surface area contributed by atoms with Crippen molar-refractivity contribution in [2.75, 3.05) is 7.05 Å². The third-order valence-corrected chi connectivity index (χ3v) is 6.39. The zero-order valence-corrected chi connectivity index (χ0v) is 14.3. The zero-order chi connectivity index (χ0) is 14.8. The summed E-state index contributed by atoms with van der Waals surface area (Å²) < 4.78 is 28.7. The molecule has 4 nitrogen and oxygen atoms in total. The number of benzene rings is 1. The van der Waals surface area contributed by atoms with E-state index in [1.165, 1.54) is 0 Å². The van der Waals surface area contributed by atoms with Crippen LogP contribution >= 0.6 is 15.9 Å². The molecule has 0 radical (unpaired) electrons. The highest BCUT2D eigenvalue weighted by molar-refractivity contribution is 9.10. The maximum absolute atomic E-state index is 12.6. The summed E-state index contributed by atoms with van der Waals surface area (Å²) in [6.07, 6.45) is 3.97. The molecule has 0 saturated heterocycles. The van der Waals surface area contributed by atoms with Gasteiger partial charge in [-0.3, -0.25) is 0 Å². The Balaban J connectivity index is 2.31. The van der Waals surface area contributed by atoms with E-state index >= 15 is 0 Å². The molecule has 0 aromatic heterocycles. The van der Waals surface area contributed by atoms with Gasteiger partial charge < -0.3 is 5.32 Å². The second-order valence-corrected chi connectivity index (χ2v) is 8.17. The van der Waals surface area contributed by atoms with Crippen LogP contribution in [0.1, 0.15) is 38.2 Å². The molecule has 1 aliphatic rings. The molecule has 0 bridgehead atoms. The molecule has 1 aromatic carbocycles. The Morgan fingerprint density at radius 2 is 1.95 bits per heavy atom. The molecule has 1 saturated carbocycles. The van der Waals surface area contributed by atoms with E-state index in [0.717, 1.165) is 31.2 Å². The molecule has 6 heteroatoms. The van der Waals surface area contributed by atoms with Crippen LogP contribution in [0.2, 0.25) is 0 Å². The van der Waals surface area contributed by atoms with Crippen molar-refractivity contribution in [3.63, 3.8) is 0 Å². The lowest BCUT2D eigenvalue weighted by Gasteiger charge is -2.25. The van der Waals surface area contributed by atoms with Crippen molar-refractivity contribution in [2.45, 2.75) is 49.6 Å². The summed E-state index contributed by atoms with van der Waals surface area (Å²) in [6, 6.07) is 5.43. The Kier molecular flexibility index (Phi) is 4.89. The minimum Gasteiger partial charge on any atom is -0.316 e. The molecule has 1 aliphatic carbocycles. The fourth-order valence-corrected chi connectivity index (χ4v) is 5.18. The number of halogens is 1. The second kappa shape index (κ2) is 6.13. The molecule has 1 aromatic rings. The normalized spacial score (nSPS) is 18.4. The third kappa shape index (κ3) is 3.61. The smallest absolute Gasteiger partial charge is 0.242 e. The highest BCUT2D eigenvalue weighted by atomic mass is 79.9. The van der Waals surface area contributed by atoms with Crippen LogP contribution in [0.25, 0.3) is 0 Å². The maximum Gasteiger partial charge on any atom is 0.242 e. The summed E-state index contributed by atoms with van der Waals surface area (Å²) in [5, 5.41) is 3.03. The Morgan fingerprint density at radius 3 is 2.55 bits per heavy atom. The fourth-order valence-electron chi connectivity index (χ4n) is 2.70. The minimum absolute atomic E-state index is 0.308. The molecule has 0 heterocycles. The van der Waals surface area contributed by atoms with Crippen molar-refractivity contribution >= 4 is 26.0 Å². The quantitative estimate of drug-likeness (QED) is 0.848. The number of rotatable bonds is 5. The topological polar surface area (TPSA) is 58.2 Å². The summed E-state index contributed by atoms with van der Waals surface area (Å²) in [5.41, 5.74) is 0.643. The predicted octanol–water partition coefficient (Wildman–Crippen LogP) is 2.78. The van der Waals surface area contributed by atoms with Gasteiger partial charge in [0.1, 0.15) is 0 Å². The lowest BCUT2D eigenvalue weighted by atomic mass is 10.0. The van der Waals surface area contributed by atoms with E-state index in [1.807, 2.05) is 20.0 Å². The molecular weight excluding hydrogens is 340 g/mol. The summed E-state index contributed by atoms with van der Waals surface area (Å²) >= 11 is 3.34. The molecule has 1 fully saturated rings. The Labute approximate surface area is 129 Å². The predicted molar refractivity (Wildman–Crippen MR) is 84.1 cm³/mol. The van der Waals surface area contributed by atoms with E-state index in [1.54, 1.807) is 12.1 Å². The highest BCUT2D eigenvalue weighted by Gasteiger charge is 2.34. The lowest BCUT2D eigenvalue weighted by molar-refractivity contribution is 0.427. The van der Waals surface area contributed by atoms with Crippen LogP contribution in [0.5, 0.6) is 0 Å². The van der Waals surface area contributed by atoms with E-state index in [4.69, 9.17) is 0 Å². The summed E-state index contributed by atoms with van der Waals surface area (Å²) in [4.78, 5) is 0.318. The SMILES string of the molecule is CNCc1ccc(Br)c(S(=O)(=O)NC2(C)CCCC2)c1. The van der Waals surface area contributed by atoms with Crippen molar-refractivity contribution in [3.8, 4) is 0 Å². The minimum atomic E-state index is -3.50. The van der Waals surface area contributed by atoms with Gasteiger partial charge in [-0.25, -0.2) is 13.1 Å².